The molecule has 0 aromatic carbocycles. The summed E-state index contributed by atoms with van der Waals surface area (Å²) in [5.74, 6) is 0. The van der Waals surface area contributed by atoms with Crippen molar-refractivity contribution in [1.29, 1.82) is 0 Å². The zero-order valence-electron chi connectivity index (χ0n) is 12.9. The summed E-state index contributed by atoms with van der Waals surface area (Å²) in [6.07, 6.45) is 11.9. The molecule has 0 aliphatic heterocycles. The molecule has 0 bridgehead atoms. The molecular formula is C16H33ClO. The van der Waals surface area contributed by atoms with Crippen LogP contribution in [0, 0.1) is 0 Å². The molecule has 0 fully saturated rings. The number of hydrogen-bond acceptors (Lipinski definition) is 1. The second-order valence-electron chi connectivity index (χ2n) is 5.54. The van der Waals surface area contributed by atoms with Crippen molar-refractivity contribution in [2.24, 2.45) is 0 Å². The molecular weight excluding hydrogens is 244 g/mol. The lowest BCUT2D eigenvalue weighted by atomic mass is 9.85. The van der Waals surface area contributed by atoms with E-state index in [4.69, 9.17) is 16.3 Å². The Balaban J connectivity index is 4.39. The fourth-order valence-corrected chi connectivity index (χ4v) is 2.98. The van der Waals surface area contributed by atoms with Crippen LogP contribution >= 0.6 is 11.6 Å². The van der Waals surface area contributed by atoms with Gasteiger partial charge in [-0.05, 0) is 25.7 Å². The minimum absolute atomic E-state index is 0.0339. The number of methoxy groups -OCH3 is 1. The molecule has 0 aromatic rings. The van der Waals surface area contributed by atoms with Gasteiger partial charge in [-0.25, -0.2) is 0 Å². The highest BCUT2D eigenvalue weighted by molar-refractivity contribution is 6.20. The van der Waals surface area contributed by atoms with Gasteiger partial charge in [0.2, 0.25) is 0 Å². The number of unbranched alkanes of at least 4 members (excludes halogenated alkanes) is 3. The summed E-state index contributed by atoms with van der Waals surface area (Å²) >= 11 is 6.50. The maximum absolute atomic E-state index is 6.50. The average Bonchev–Trinajstić information content (AvgIpc) is 2.39. The maximum Gasteiger partial charge on any atom is 0.0692 e. The lowest BCUT2D eigenvalue weighted by Crippen LogP contribution is -2.34. The van der Waals surface area contributed by atoms with E-state index < -0.39 is 0 Å². The van der Waals surface area contributed by atoms with Crippen LogP contribution in [-0.4, -0.2) is 18.1 Å². The average molecular weight is 277 g/mol. The molecule has 1 unspecified atom stereocenters. The molecule has 1 atom stereocenters. The van der Waals surface area contributed by atoms with Crippen molar-refractivity contribution in [1.82, 2.24) is 0 Å². The highest BCUT2D eigenvalue weighted by atomic mass is 35.5. The van der Waals surface area contributed by atoms with Crippen LogP contribution in [0.15, 0.2) is 0 Å². The van der Waals surface area contributed by atoms with Crippen LogP contribution in [0.3, 0.4) is 0 Å². The lowest BCUT2D eigenvalue weighted by Gasteiger charge is -2.34. The van der Waals surface area contributed by atoms with Crippen molar-refractivity contribution >= 4 is 11.6 Å². The minimum atomic E-state index is 0.0339. The SMILES string of the molecule is CCCCC(Cl)CC(CCCC)(CCCC)OC. The Morgan fingerprint density at radius 1 is 0.944 bits per heavy atom. The highest BCUT2D eigenvalue weighted by Crippen LogP contribution is 2.33. The molecule has 18 heavy (non-hydrogen) atoms. The first-order valence-corrected chi connectivity index (χ1v) is 8.27. The van der Waals surface area contributed by atoms with E-state index >= 15 is 0 Å². The van der Waals surface area contributed by atoms with E-state index in [2.05, 4.69) is 20.8 Å². The van der Waals surface area contributed by atoms with E-state index in [1.54, 1.807) is 0 Å². The molecule has 0 spiro atoms. The van der Waals surface area contributed by atoms with Crippen LogP contribution < -0.4 is 0 Å². The first kappa shape index (κ1) is 18.2. The molecule has 0 aliphatic rings. The van der Waals surface area contributed by atoms with Crippen molar-refractivity contribution in [2.75, 3.05) is 7.11 Å². The Hall–Kier alpha value is 0.250. The molecule has 110 valence electrons. The largest absolute Gasteiger partial charge is 0.378 e. The molecule has 0 aromatic heterocycles. The van der Waals surface area contributed by atoms with Gasteiger partial charge in [-0.1, -0.05) is 59.3 Å². The predicted molar refractivity (Wildman–Crippen MR) is 82.6 cm³/mol. The molecule has 1 nitrogen and oxygen atoms in total. The Bertz CT molecular complexity index is 174. The normalized spacial score (nSPS) is 13.8. The summed E-state index contributed by atoms with van der Waals surface area (Å²) in [5, 5.41) is 0.276. The highest BCUT2D eigenvalue weighted by Gasteiger charge is 2.31. The maximum atomic E-state index is 6.50. The summed E-state index contributed by atoms with van der Waals surface area (Å²) in [6, 6.07) is 0. The van der Waals surface area contributed by atoms with Crippen molar-refractivity contribution in [3.05, 3.63) is 0 Å². The number of hydrogen-bond donors (Lipinski definition) is 0. The van der Waals surface area contributed by atoms with Crippen molar-refractivity contribution in [2.45, 2.75) is 96.0 Å². The van der Waals surface area contributed by atoms with Gasteiger partial charge in [0.25, 0.3) is 0 Å². The van der Waals surface area contributed by atoms with Gasteiger partial charge in [-0.15, -0.1) is 11.6 Å². The van der Waals surface area contributed by atoms with Crippen LogP contribution in [0.1, 0.15) is 85.0 Å². The van der Waals surface area contributed by atoms with Crippen LogP contribution in [0.2, 0.25) is 0 Å². The standard InChI is InChI=1S/C16H33ClO/c1-5-8-11-15(17)14-16(18-4,12-9-6-2)13-10-7-3/h15H,5-14H2,1-4H3. The van der Waals surface area contributed by atoms with E-state index in [9.17, 15) is 0 Å². The lowest BCUT2D eigenvalue weighted by molar-refractivity contribution is -0.0352. The zero-order chi connectivity index (χ0) is 13.9. The molecule has 0 saturated heterocycles. The summed E-state index contributed by atoms with van der Waals surface area (Å²) in [5.41, 5.74) is 0.0339. The van der Waals surface area contributed by atoms with Gasteiger partial charge in [-0.2, -0.15) is 0 Å². The quantitative estimate of drug-likeness (QED) is 0.401. The van der Waals surface area contributed by atoms with Crippen molar-refractivity contribution < 1.29 is 4.74 Å². The van der Waals surface area contributed by atoms with Gasteiger partial charge >= 0.3 is 0 Å². The van der Waals surface area contributed by atoms with Gasteiger partial charge in [0, 0.05) is 12.5 Å². The Kier molecular flexibility index (Phi) is 11.3. The van der Waals surface area contributed by atoms with Gasteiger partial charge in [0.1, 0.15) is 0 Å². The van der Waals surface area contributed by atoms with E-state index in [1.165, 1.54) is 38.5 Å². The summed E-state index contributed by atoms with van der Waals surface area (Å²) in [4.78, 5) is 0. The third-order valence-electron chi connectivity index (χ3n) is 3.87. The molecule has 2 heteroatoms. The molecule has 0 amide bonds. The molecule has 0 heterocycles. The van der Waals surface area contributed by atoms with Crippen LogP contribution in [-0.2, 0) is 4.74 Å². The zero-order valence-corrected chi connectivity index (χ0v) is 13.7. The van der Waals surface area contributed by atoms with Gasteiger partial charge in [0.05, 0.1) is 5.60 Å². The Morgan fingerprint density at radius 2 is 1.44 bits per heavy atom. The first-order chi connectivity index (χ1) is 8.64. The fourth-order valence-electron chi connectivity index (χ4n) is 2.55. The Morgan fingerprint density at radius 3 is 1.83 bits per heavy atom. The number of halogens is 1. The topological polar surface area (TPSA) is 9.23 Å². The number of alkyl halides is 1. The van der Waals surface area contributed by atoms with Crippen LogP contribution in [0.25, 0.3) is 0 Å². The third kappa shape index (κ3) is 7.63. The molecule has 0 aliphatic carbocycles. The van der Waals surface area contributed by atoms with Crippen LogP contribution in [0.5, 0.6) is 0 Å². The second kappa shape index (κ2) is 11.1. The summed E-state index contributed by atoms with van der Waals surface area (Å²) in [6.45, 7) is 6.71. The summed E-state index contributed by atoms with van der Waals surface area (Å²) < 4.78 is 5.91. The Labute approximate surface area is 120 Å². The van der Waals surface area contributed by atoms with Crippen LogP contribution in [0.4, 0.5) is 0 Å². The number of rotatable bonds is 12. The molecule has 0 N–H and O–H groups in total. The predicted octanol–water partition coefficient (Wildman–Crippen LogP) is 5.94. The third-order valence-corrected chi connectivity index (χ3v) is 4.24. The summed E-state index contributed by atoms with van der Waals surface area (Å²) in [7, 11) is 1.87. The van der Waals surface area contributed by atoms with Crippen molar-refractivity contribution in [3.8, 4) is 0 Å². The smallest absolute Gasteiger partial charge is 0.0692 e. The van der Waals surface area contributed by atoms with Gasteiger partial charge in [-0.3, -0.25) is 0 Å². The molecule has 0 saturated carbocycles. The first-order valence-electron chi connectivity index (χ1n) is 7.83. The van der Waals surface area contributed by atoms with Gasteiger partial charge in [0.15, 0.2) is 0 Å². The second-order valence-corrected chi connectivity index (χ2v) is 6.16. The number of ether oxygens (including phenoxy) is 1. The fraction of sp³-hybridized carbons (Fsp3) is 1.00. The molecule has 0 rings (SSSR count). The van der Waals surface area contributed by atoms with E-state index in [0.717, 1.165) is 25.7 Å². The minimum Gasteiger partial charge on any atom is -0.378 e. The van der Waals surface area contributed by atoms with E-state index in [-0.39, 0.29) is 11.0 Å². The van der Waals surface area contributed by atoms with E-state index in [1.807, 2.05) is 7.11 Å². The van der Waals surface area contributed by atoms with E-state index in [0.29, 0.717) is 0 Å². The monoisotopic (exact) mass is 276 g/mol. The van der Waals surface area contributed by atoms with Gasteiger partial charge < -0.3 is 4.74 Å². The van der Waals surface area contributed by atoms with Crippen molar-refractivity contribution in [3.63, 3.8) is 0 Å². The molecule has 0 radical (unpaired) electrons.